The zero-order valence-corrected chi connectivity index (χ0v) is 5.78. The maximum absolute atomic E-state index is 5.77. The maximum atomic E-state index is 5.77. The Morgan fingerprint density at radius 1 is 1.30 bits per heavy atom. The van der Waals surface area contributed by atoms with Gasteiger partial charge in [0, 0.05) is 6.20 Å². The van der Waals surface area contributed by atoms with Crippen molar-refractivity contribution < 1.29 is 0 Å². The van der Waals surface area contributed by atoms with Gasteiger partial charge in [0.05, 0.1) is 0 Å². The van der Waals surface area contributed by atoms with Crippen molar-refractivity contribution in [1.29, 1.82) is 0 Å². The van der Waals surface area contributed by atoms with Crippen LogP contribution in [0.25, 0.3) is 0 Å². The molecular weight excluding hydrogens is 150 g/mol. The van der Waals surface area contributed by atoms with Crippen LogP contribution in [0.15, 0.2) is 34.6 Å². The van der Waals surface area contributed by atoms with E-state index in [1.807, 2.05) is 12.1 Å². The lowest BCUT2D eigenvalue weighted by Crippen LogP contribution is -1.99. The Balaban J connectivity index is 2.36. The second kappa shape index (κ2) is 1.76. The fraction of sp³-hybridized carbons (Fsp3) is 0.167. The van der Waals surface area contributed by atoms with Crippen molar-refractivity contribution in [2.45, 2.75) is 5.12 Å². The van der Waals surface area contributed by atoms with Crippen molar-refractivity contribution in [2.24, 2.45) is 10.2 Å². The summed E-state index contributed by atoms with van der Waals surface area (Å²) in [5.74, 6) is 0. The highest BCUT2D eigenvalue weighted by Gasteiger charge is 2.40. The van der Waals surface area contributed by atoms with Crippen molar-refractivity contribution in [3.8, 4) is 0 Å². The van der Waals surface area contributed by atoms with Crippen LogP contribution in [0, 0.1) is 0 Å². The number of pyridine rings is 1. The largest absolute Gasteiger partial charge is 0.305 e. The minimum absolute atomic E-state index is 0.691. The third kappa shape index (κ3) is 0.789. The lowest BCUT2D eigenvalue weighted by molar-refractivity contribution is 0.880. The zero-order valence-electron chi connectivity index (χ0n) is 5.03. The van der Waals surface area contributed by atoms with Crippen molar-refractivity contribution in [3.05, 3.63) is 30.1 Å². The van der Waals surface area contributed by atoms with Gasteiger partial charge in [-0.1, -0.05) is 17.7 Å². The van der Waals surface area contributed by atoms with E-state index in [4.69, 9.17) is 11.6 Å². The first kappa shape index (κ1) is 5.80. The first-order valence-corrected chi connectivity index (χ1v) is 3.23. The van der Waals surface area contributed by atoms with Crippen molar-refractivity contribution in [2.75, 3.05) is 0 Å². The quantitative estimate of drug-likeness (QED) is 0.449. The fourth-order valence-corrected chi connectivity index (χ4v) is 0.847. The molecular formula is C6H4ClN3. The number of alkyl halides is 1. The van der Waals surface area contributed by atoms with Crippen molar-refractivity contribution in [3.63, 3.8) is 0 Å². The second-order valence-electron chi connectivity index (χ2n) is 2.00. The molecule has 2 rings (SSSR count). The molecule has 3 nitrogen and oxygen atoms in total. The van der Waals surface area contributed by atoms with Gasteiger partial charge in [0.25, 0.3) is 0 Å². The first-order valence-electron chi connectivity index (χ1n) is 2.86. The molecule has 1 aliphatic heterocycles. The van der Waals surface area contributed by atoms with Crippen molar-refractivity contribution in [1.82, 2.24) is 4.98 Å². The van der Waals surface area contributed by atoms with E-state index < -0.39 is 5.12 Å². The van der Waals surface area contributed by atoms with E-state index in [0.717, 1.165) is 0 Å². The number of aromatic nitrogens is 1. The number of nitrogens with zero attached hydrogens (tertiary/aromatic N) is 3. The van der Waals surface area contributed by atoms with Crippen LogP contribution >= 0.6 is 11.6 Å². The van der Waals surface area contributed by atoms with E-state index in [2.05, 4.69) is 15.2 Å². The topological polar surface area (TPSA) is 37.6 Å². The molecule has 0 atom stereocenters. The van der Waals surface area contributed by atoms with Gasteiger partial charge in [-0.2, -0.15) is 0 Å². The van der Waals surface area contributed by atoms with Crippen LogP contribution in [0.4, 0.5) is 0 Å². The normalized spacial score (nSPS) is 18.9. The highest BCUT2D eigenvalue weighted by molar-refractivity contribution is 6.24. The molecule has 0 radical (unpaired) electrons. The summed E-state index contributed by atoms with van der Waals surface area (Å²) < 4.78 is 0. The van der Waals surface area contributed by atoms with Gasteiger partial charge < -0.3 is 0 Å². The van der Waals surface area contributed by atoms with Crippen LogP contribution in [-0.2, 0) is 5.12 Å². The standard InChI is InChI=1S/C6H4ClN3/c7-6(9-10-6)5-3-1-2-4-8-5/h1-4H. The van der Waals surface area contributed by atoms with Crippen LogP contribution in [0.2, 0.25) is 0 Å². The summed E-state index contributed by atoms with van der Waals surface area (Å²) in [5, 5.41) is 6.42. The van der Waals surface area contributed by atoms with E-state index in [1.54, 1.807) is 12.3 Å². The van der Waals surface area contributed by atoms with Crippen LogP contribution in [-0.4, -0.2) is 4.98 Å². The highest BCUT2D eigenvalue weighted by Crippen LogP contribution is 2.42. The van der Waals surface area contributed by atoms with Crippen LogP contribution in [0.3, 0.4) is 0 Å². The first-order chi connectivity index (χ1) is 4.81. The van der Waals surface area contributed by atoms with Crippen LogP contribution in [0.5, 0.6) is 0 Å². The number of rotatable bonds is 1. The smallest absolute Gasteiger partial charge is 0.255 e. The Labute approximate surface area is 62.8 Å². The highest BCUT2D eigenvalue weighted by atomic mass is 35.5. The Hall–Kier alpha value is -0.960. The second-order valence-corrected chi connectivity index (χ2v) is 2.53. The Morgan fingerprint density at radius 3 is 2.60 bits per heavy atom. The minimum atomic E-state index is -0.846. The van der Waals surface area contributed by atoms with E-state index in [9.17, 15) is 0 Å². The Bertz CT molecular complexity index is 264. The third-order valence-electron chi connectivity index (χ3n) is 1.27. The maximum Gasteiger partial charge on any atom is 0.305 e. The molecule has 4 heteroatoms. The van der Waals surface area contributed by atoms with Gasteiger partial charge in [-0.3, -0.25) is 4.98 Å². The van der Waals surface area contributed by atoms with Gasteiger partial charge in [-0.25, -0.2) is 0 Å². The molecule has 0 N–H and O–H groups in total. The molecule has 50 valence electrons. The summed E-state index contributed by atoms with van der Waals surface area (Å²) in [4.78, 5) is 3.99. The molecule has 0 bridgehead atoms. The summed E-state index contributed by atoms with van der Waals surface area (Å²) in [6.45, 7) is 0. The summed E-state index contributed by atoms with van der Waals surface area (Å²) >= 11 is 5.77. The number of halogens is 1. The molecule has 0 aliphatic carbocycles. The van der Waals surface area contributed by atoms with Gasteiger partial charge in [0.15, 0.2) is 0 Å². The molecule has 0 unspecified atom stereocenters. The average Bonchev–Trinajstić information content (AvgIpc) is 2.72. The molecule has 1 aromatic rings. The van der Waals surface area contributed by atoms with Gasteiger partial charge in [-0.15, -0.1) is 10.2 Å². The van der Waals surface area contributed by atoms with Crippen molar-refractivity contribution >= 4 is 11.6 Å². The van der Waals surface area contributed by atoms with E-state index >= 15 is 0 Å². The molecule has 10 heavy (non-hydrogen) atoms. The summed E-state index contributed by atoms with van der Waals surface area (Å²) in [6.07, 6.45) is 1.67. The Kier molecular flexibility index (Phi) is 1.02. The predicted molar refractivity (Wildman–Crippen MR) is 36.6 cm³/mol. The SMILES string of the molecule is ClC1(c2ccccn2)N=N1. The molecule has 0 spiro atoms. The molecule has 1 aliphatic rings. The molecule has 0 amide bonds. The summed E-state index contributed by atoms with van der Waals surface area (Å²) in [5.41, 5.74) is 0.691. The average molecular weight is 154 g/mol. The monoisotopic (exact) mass is 153 g/mol. The number of hydrogen-bond donors (Lipinski definition) is 0. The molecule has 2 heterocycles. The molecule has 0 fully saturated rings. The van der Waals surface area contributed by atoms with Crippen LogP contribution in [0.1, 0.15) is 5.69 Å². The van der Waals surface area contributed by atoms with Gasteiger partial charge in [-0.05, 0) is 12.1 Å². The van der Waals surface area contributed by atoms with Crippen LogP contribution < -0.4 is 0 Å². The minimum Gasteiger partial charge on any atom is -0.255 e. The fourth-order valence-electron chi connectivity index (χ4n) is 0.697. The lowest BCUT2D eigenvalue weighted by atomic mass is 10.3. The molecule has 1 aromatic heterocycles. The zero-order chi connectivity index (χ0) is 7.03. The van der Waals surface area contributed by atoms with E-state index in [1.165, 1.54) is 0 Å². The van der Waals surface area contributed by atoms with Gasteiger partial charge >= 0.3 is 5.12 Å². The lowest BCUT2D eigenvalue weighted by Gasteiger charge is -1.97. The number of hydrogen-bond acceptors (Lipinski definition) is 3. The third-order valence-corrected chi connectivity index (χ3v) is 1.61. The summed E-state index contributed by atoms with van der Waals surface area (Å²) in [6, 6.07) is 5.48. The predicted octanol–water partition coefficient (Wildman–Crippen LogP) is 1.90. The molecule has 0 saturated heterocycles. The molecule has 0 saturated carbocycles. The molecule has 0 aromatic carbocycles. The summed E-state index contributed by atoms with van der Waals surface area (Å²) in [7, 11) is 0. The van der Waals surface area contributed by atoms with Gasteiger partial charge in [0.2, 0.25) is 0 Å². The van der Waals surface area contributed by atoms with E-state index in [0.29, 0.717) is 5.69 Å². The van der Waals surface area contributed by atoms with Gasteiger partial charge in [0.1, 0.15) is 5.69 Å². The Morgan fingerprint density at radius 2 is 2.10 bits per heavy atom. The van der Waals surface area contributed by atoms with E-state index in [-0.39, 0.29) is 0 Å².